The number of aromatic nitrogens is 2. The molecule has 16 heavy (non-hydrogen) atoms. The summed E-state index contributed by atoms with van der Waals surface area (Å²) in [7, 11) is 0. The second-order valence-corrected chi connectivity index (χ2v) is 3.36. The third-order valence-corrected chi connectivity index (χ3v) is 2.28. The van der Waals surface area contributed by atoms with Crippen molar-refractivity contribution in [1.82, 2.24) is 9.78 Å². The monoisotopic (exact) mass is 223 g/mol. The van der Waals surface area contributed by atoms with Crippen LogP contribution in [-0.4, -0.2) is 9.78 Å². The van der Waals surface area contributed by atoms with Crippen LogP contribution in [0, 0.1) is 6.92 Å². The van der Waals surface area contributed by atoms with Gasteiger partial charge in [0.1, 0.15) is 0 Å². The summed E-state index contributed by atoms with van der Waals surface area (Å²) < 4.78 is 25.6. The first-order valence-corrected chi connectivity index (χ1v) is 4.83. The highest BCUT2D eigenvalue weighted by atomic mass is 19.3. The highest BCUT2D eigenvalue weighted by Gasteiger charge is 2.13. The second kappa shape index (κ2) is 4.30. The van der Waals surface area contributed by atoms with Crippen LogP contribution < -0.4 is 5.32 Å². The fourth-order valence-electron chi connectivity index (χ4n) is 1.42. The zero-order chi connectivity index (χ0) is 11.5. The Morgan fingerprint density at radius 3 is 2.50 bits per heavy atom. The molecule has 1 heterocycles. The fourth-order valence-corrected chi connectivity index (χ4v) is 1.42. The van der Waals surface area contributed by atoms with Gasteiger partial charge in [-0.2, -0.15) is 13.9 Å². The first-order chi connectivity index (χ1) is 7.68. The molecule has 5 heteroatoms. The third-order valence-electron chi connectivity index (χ3n) is 2.28. The number of nitrogens with one attached hydrogen (secondary N) is 1. The molecule has 2 rings (SSSR count). The molecule has 0 aliphatic heterocycles. The summed E-state index contributed by atoms with van der Waals surface area (Å²) in [6.45, 7) is -1.00. The molecule has 2 aromatic rings. The number of anilines is 2. The van der Waals surface area contributed by atoms with Gasteiger partial charge in [0.05, 0.1) is 17.6 Å². The summed E-state index contributed by atoms with van der Waals surface area (Å²) in [5, 5.41) is 6.65. The Hall–Kier alpha value is -1.91. The summed E-state index contributed by atoms with van der Waals surface area (Å²) >= 11 is 0. The summed E-state index contributed by atoms with van der Waals surface area (Å²) in [5.74, 6) is 0. The molecule has 0 atom stereocenters. The molecule has 0 aliphatic rings. The molecule has 1 N–H and O–H groups in total. The normalized spacial score (nSPS) is 10.8. The second-order valence-electron chi connectivity index (χ2n) is 3.36. The Morgan fingerprint density at radius 1 is 1.25 bits per heavy atom. The van der Waals surface area contributed by atoms with Crippen LogP contribution in [0.3, 0.4) is 0 Å². The van der Waals surface area contributed by atoms with E-state index in [0.29, 0.717) is 16.1 Å². The Balaban J connectivity index is 2.23. The van der Waals surface area contributed by atoms with Crippen LogP contribution in [0.15, 0.2) is 36.5 Å². The van der Waals surface area contributed by atoms with Gasteiger partial charge in [0.2, 0.25) is 0 Å². The molecule has 0 saturated carbocycles. The zero-order valence-corrected chi connectivity index (χ0v) is 8.69. The van der Waals surface area contributed by atoms with Crippen molar-refractivity contribution in [3.63, 3.8) is 0 Å². The van der Waals surface area contributed by atoms with E-state index in [1.807, 2.05) is 30.3 Å². The van der Waals surface area contributed by atoms with E-state index in [9.17, 15) is 8.78 Å². The standard InChI is InChI=1S/C11H11F2N3/c1-8-10(7-14-16(8)11(12)13)15-9-5-3-2-4-6-9/h2-7,11,15H,1H3. The molecule has 0 aliphatic carbocycles. The lowest BCUT2D eigenvalue weighted by Crippen LogP contribution is -2.02. The number of para-hydroxylation sites is 1. The van der Waals surface area contributed by atoms with Gasteiger partial charge in [-0.25, -0.2) is 4.68 Å². The maximum Gasteiger partial charge on any atom is 0.333 e. The fraction of sp³-hybridized carbons (Fsp3) is 0.182. The van der Waals surface area contributed by atoms with Crippen molar-refractivity contribution in [3.05, 3.63) is 42.2 Å². The van der Waals surface area contributed by atoms with Gasteiger partial charge < -0.3 is 5.32 Å². The van der Waals surface area contributed by atoms with Crippen molar-refractivity contribution in [3.8, 4) is 0 Å². The first kappa shape index (κ1) is 10.6. The predicted octanol–water partition coefficient (Wildman–Crippen LogP) is 3.33. The molecule has 3 nitrogen and oxygen atoms in total. The highest BCUT2D eigenvalue weighted by molar-refractivity contribution is 5.60. The Kier molecular flexibility index (Phi) is 2.85. The maximum absolute atomic E-state index is 12.5. The minimum Gasteiger partial charge on any atom is -0.353 e. The lowest BCUT2D eigenvalue weighted by Gasteiger charge is -2.06. The summed E-state index contributed by atoms with van der Waals surface area (Å²) in [6, 6.07) is 9.35. The number of nitrogens with zero attached hydrogens (tertiary/aromatic N) is 2. The average Bonchev–Trinajstić information content (AvgIpc) is 2.62. The van der Waals surface area contributed by atoms with E-state index in [-0.39, 0.29) is 0 Å². The lowest BCUT2D eigenvalue weighted by molar-refractivity contribution is 0.0545. The molecule has 0 saturated heterocycles. The largest absolute Gasteiger partial charge is 0.353 e. The number of benzene rings is 1. The number of rotatable bonds is 3. The van der Waals surface area contributed by atoms with Gasteiger partial charge in [0.15, 0.2) is 0 Å². The smallest absolute Gasteiger partial charge is 0.333 e. The van der Waals surface area contributed by atoms with Gasteiger partial charge in [-0.15, -0.1) is 0 Å². The Labute approximate surface area is 91.7 Å². The highest BCUT2D eigenvalue weighted by Crippen LogP contribution is 2.22. The van der Waals surface area contributed by atoms with E-state index in [1.165, 1.54) is 6.20 Å². The molecule has 0 bridgehead atoms. The average molecular weight is 223 g/mol. The van der Waals surface area contributed by atoms with Crippen LogP contribution >= 0.6 is 0 Å². The summed E-state index contributed by atoms with van der Waals surface area (Å²) in [5.41, 5.74) is 1.85. The molecule has 1 aromatic carbocycles. The SMILES string of the molecule is Cc1c(Nc2ccccc2)cnn1C(F)F. The molecular formula is C11H11F2N3. The minimum atomic E-state index is -2.61. The van der Waals surface area contributed by atoms with E-state index < -0.39 is 6.55 Å². The topological polar surface area (TPSA) is 29.9 Å². The van der Waals surface area contributed by atoms with Crippen molar-refractivity contribution < 1.29 is 8.78 Å². The van der Waals surface area contributed by atoms with Gasteiger partial charge in [-0.1, -0.05) is 18.2 Å². The molecule has 0 fully saturated rings. The van der Waals surface area contributed by atoms with Gasteiger partial charge in [0.25, 0.3) is 0 Å². The van der Waals surface area contributed by atoms with Crippen molar-refractivity contribution in [2.45, 2.75) is 13.5 Å². The summed E-state index contributed by atoms with van der Waals surface area (Å²) in [6.07, 6.45) is 1.40. The van der Waals surface area contributed by atoms with Crippen LogP contribution in [0.1, 0.15) is 12.2 Å². The number of hydrogen-bond acceptors (Lipinski definition) is 2. The number of halogens is 2. The summed E-state index contributed by atoms with van der Waals surface area (Å²) in [4.78, 5) is 0. The molecule has 0 radical (unpaired) electrons. The van der Waals surface area contributed by atoms with E-state index in [2.05, 4.69) is 10.4 Å². The van der Waals surface area contributed by atoms with Crippen LogP contribution in [0.5, 0.6) is 0 Å². The zero-order valence-electron chi connectivity index (χ0n) is 8.69. The van der Waals surface area contributed by atoms with Crippen LogP contribution in [0.25, 0.3) is 0 Å². The van der Waals surface area contributed by atoms with Gasteiger partial charge in [0, 0.05) is 5.69 Å². The van der Waals surface area contributed by atoms with Crippen molar-refractivity contribution in [2.24, 2.45) is 0 Å². The quantitative estimate of drug-likeness (QED) is 0.864. The Morgan fingerprint density at radius 2 is 1.94 bits per heavy atom. The van der Waals surface area contributed by atoms with Crippen molar-refractivity contribution in [1.29, 1.82) is 0 Å². The van der Waals surface area contributed by atoms with Gasteiger partial charge in [-0.05, 0) is 19.1 Å². The number of alkyl halides is 2. The molecular weight excluding hydrogens is 212 g/mol. The maximum atomic E-state index is 12.5. The van der Waals surface area contributed by atoms with Crippen LogP contribution in [-0.2, 0) is 0 Å². The number of hydrogen-bond donors (Lipinski definition) is 1. The molecule has 84 valence electrons. The molecule has 1 aromatic heterocycles. The Bertz CT molecular complexity index is 465. The van der Waals surface area contributed by atoms with Crippen LogP contribution in [0.4, 0.5) is 20.2 Å². The molecule has 0 spiro atoms. The lowest BCUT2D eigenvalue weighted by atomic mass is 10.3. The third kappa shape index (κ3) is 2.03. The minimum absolute atomic E-state index is 0.416. The molecule has 0 amide bonds. The van der Waals surface area contributed by atoms with E-state index in [0.717, 1.165) is 5.69 Å². The van der Waals surface area contributed by atoms with Crippen molar-refractivity contribution >= 4 is 11.4 Å². The van der Waals surface area contributed by atoms with Gasteiger partial charge in [-0.3, -0.25) is 0 Å². The van der Waals surface area contributed by atoms with E-state index in [1.54, 1.807) is 6.92 Å². The van der Waals surface area contributed by atoms with Crippen molar-refractivity contribution in [2.75, 3.05) is 5.32 Å². The van der Waals surface area contributed by atoms with Crippen LogP contribution in [0.2, 0.25) is 0 Å². The van der Waals surface area contributed by atoms with Gasteiger partial charge >= 0.3 is 6.55 Å². The first-order valence-electron chi connectivity index (χ1n) is 4.83. The predicted molar refractivity (Wildman–Crippen MR) is 57.9 cm³/mol. The van der Waals surface area contributed by atoms with E-state index >= 15 is 0 Å². The van der Waals surface area contributed by atoms with E-state index in [4.69, 9.17) is 0 Å². The molecule has 0 unspecified atom stereocenters.